The first kappa shape index (κ1) is 15.2. The van der Waals surface area contributed by atoms with Gasteiger partial charge in [-0.05, 0) is 43.7 Å². The average Bonchev–Trinajstić information content (AvgIpc) is 2.48. The van der Waals surface area contributed by atoms with E-state index in [1.807, 2.05) is 0 Å². The Bertz CT molecular complexity index is 426. The number of hydrogen-bond acceptors (Lipinski definition) is 2. The van der Waals surface area contributed by atoms with Gasteiger partial charge in [0, 0.05) is 6.42 Å². The van der Waals surface area contributed by atoms with Gasteiger partial charge in [0.25, 0.3) is 0 Å². The summed E-state index contributed by atoms with van der Waals surface area (Å²) in [5.74, 6) is 0.979. The SMILES string of the molecule is Cc1cc2nc(CCN)[nH]c2cc1C.Cl.Cl. The van der Waals surface area contributed by atoms with Crippen LogP contribution in [0, 0.1) is 13.8 Å². The van der Waals surface area contributed by atoms with E-state index in [0.717, 1.165) is 23.3 Å². The molecule has 0 atom stereocenters. The highest BCUT2D eigenvalue weighted by atomic mass is 35.5. The second-order valence-electron chi connectivity index (χ2n) is 3.68. The zero-order chi connectivity index (χ0) is 10.1. The molecule has 2 rings (SSSR count). The summed E-state index contributed by atoms with van der Waals surface area (Å²) in [4.78, 5) is 7.74. The fourth-order valence-corrected chi connectivity index (χ4v) is 1.58. The lowest BCUT2D eigenvalue weighted by molar-refractivity contribution is 0.900. The summed E-state index contributed by atoms with van der Waals surface area (Å²) in [6, 6.07) is 4.25. The molecular formula is C11H17Cl2N3. The van der Waals surface area contributed by atoms with Crippen molar-refractivity contribution < 1.29 is 0 Å². The normalized spacial score (nSPS) is 9.69. The van der Waals surface area contributed by atoms with Crippen molar-refractivity contribution in [2.45, 2.75) is 20.3 Å². The number of imidazole rings is 1. The Hall–Kier alpha value is -0.770. The summed E-state index contributed by atoms with van der Waals surface area (Å²) < 4.78 is 0. The number of nitrogens with two attached hydrogens (primary N) is 1. The number of fused-ring (bicyclic) bond motifs is 1. The Morgan fingerprint density at radius 2 is 1.81 bits per heavy atom. The molecule has 5 heteroatoms. The number of H-pyrrole nitrogens is 1. The van der Waals surface area contributed by atoms with Gasteiger partial charge in [-0.3, -0.25) is 0 Å². The molecule has 0 aliphatic rings. The van der Waals surface area contributed by atoms with Gasteiger partial charge in [-0.2, -0.15) is 0 Å². The van der Waals surface area contributed by atoms with E-state index in [1.54, 1.807) is 0 Å². The van der Waals surface area contributed by atoms with Crippen LogP contribution in [0.15, 0.2) is 12.1 Å². The topological polar surface area (TPSA) is 54.7 Å². The van der Waals surface area contributed by atoms with Crippen LogP contribution in [-0.2, 0) is 6.42 Å². The van der Waals surface area contributed by atoms with Crippen molar-refractivity contribution in [3.05, 3.63) is 29.1 Å². The lowest BCUT2D eigenvalue weighted by atomic mass is 10.1. The van der Waals surface area contributed by atoms with E-state index in [1.165, 1.54) is 11.1 Å². The van der Waals surface area contributed by atoms with Crippen LogP contribution in [0.5, 0.6) is 0 Å². The fourth-order valence-electron chi connectivity index (χ4n) is 1.58. The first-order valence-corrected chi connectivity index (χ1v) is 4.86. The molecule has 90 valence electrons. The monoisotopic (exact) mass is 261 g/mol. The quantitative estimate of drug-likeness (QED) is 0.873. The third kappa shape index (κ3) is 2.88. The summed E-state index contributed by atoms with van der Waals surface area (Å²) in [6.45, 7) is 4.85. The molecule has 0 spiro atoms. The van der Waals surface area contributed by atoms with Gasteiger partial charge in [0.15, 0.2) is 0 Å². The van der Waals surface area contributed by atoms with E-state index in [0.29, 0.717) is 6.54 Å². The summed E-state index contributed by atoms with van der Waals surface area (Å²) in [5.41, 5.74) is 10.2. The molecule has 1 aromatic heterocycles. The number of aryl methyl sites for hydroxylation is 2. The van der Waals surface area contributed by atoms with Gasteiger partial charge in [-0.25, -0.2) is 4.98 Å². The first-order valence-electron chi connectivity index (χ1n) is 4.86. The summed E-state index contributed by atoms with van der Waals surface area (Å²) in [6.07, 6.45) is 0.812. The number of benzene rings is 1. The van der Waals surface area contributed by atoms with Gasteiger partial charge in [0.1, 0.15) is 5.82 Å². The van der Waals surface area contributed by atoms with E-state index in [9.17, 15) is 0 Å². The van der Waals surface area contributed by atoms with Crippen molar-refractivity contribution in [2.75, 3.05) is 6.54 Å². The standard InChI is InChI=1S/C11H15N3.2ClH/c1-7-5-9-10(6-8(7)2)14-11(13-9)3-4-12;;/h5-6H,3-4,12H2,1-2H3,(H,13,14);2*1H. The Kier molecular flexibility index (Phi) is 5.79. The van der Waals surface area contributed by atoms with Crippen LogP contribution in [0.1, 0.15) is 17.0 Å². The summed E-state index contributed by atoms with van der Waals surface area (Å²) in [7, 11) is 0. The molecule has 1 aromatic carbocycles. The number of aromatic nitrogens is 2. The maximum Gasteiger partial charge on any atom is 0.108 e. The number of nitrogens with one attached hydrogen (secondary N) is 1. The molecule has 0 saturated heterocycles. The van der Waals surface area contributed by atoms with Gasteiger partial charge in [0.2, 0.25) is 0 Å². The van der Waals surface area contributed by atoms with Gasteiger partial charge < -0.3 is 10.7 Å². The predicted molar refractivity (Wildman–Crippen MR) is 72.8 cm³/mol. The number of nitrogens with zero attached hydrogens (tertiary/aromatic N) is 1. The molecule has 3 nitrogen and oxygen atoms in total. The highest BCUT2D eigenvalue weighted by Crippen LogP contribution is 2.17. The zero-order valence-corrected chi connectivity index (χ0v) is 11.0. The highest BCUT2D eigenvalue weighted by molar-refractivity contribution is 5.85. The van der Waals surface area contributed by atoms with Crippen LogP contribution in [0.4, 0.5) is 0 Å². The molecule has 0 saturated carbocycles. The van der Waals surface area contributed by atoms with Gasteiger partial charge in [-0.1, -0.05) is 0 Å². The minimum absolute atomic E-state index is 0. The second kappa shape index (κ2) is 6.09. The van der Waals surface area contributed by atoms with E-state index in [4.69, 9.17) is 5.73 Å². The molecule has 0 unspecified atom stereocenters. The fraction of sp³-hybridized carbons (Fsp3) is 0.364. The van der Waals surface area contributed by atoms with Crippen LogP contribution >= 0.6 is 24.8 Å². The summed E-state index contributed by atoms with van der Waals surface area (Å²) >= 11 is 0. The molecule has 0 fully saturated rings. The molecule has 0 aliphatic carbocycles. The minimum atomic E-state index is 0. The third-order valence-electron chi connectivity index (χ3n) is 2.53. The molecule has 16 heavy (non-hydrogen) atoms. The molecule has 1 heterocycles. The number of hydrogen-bond donors (Lipinski definition) is 2. The second-order valence-corrected chi connectivity index (χ2v) is 3.68. The predicted octanol–water partition coefficient (Wildman–Crippen LogP) is 2.52. The Morgan fingerprint density at radius 1 is 1.19 bits per heavy atom. The molecule has 0 amide bonds. The molecule has 0 radical (unpaired) electrons. The van der Waals surface area contributed by atoms with E-state index in [2.05, 4.69) is 35.9 Å². The minimum Gasteiger partial charge on any atom is -0.342 e. The van der Waals surface area contributed by atoms with E-state index >= 15 is 0 Å². The Balaban J connectivity index is 0.00000112. The summed E-state index contributed by atoms with van der Waals surface area (Å²) in [5, 5.41) is 0. The molecule has 0 aliphatic heterocycles. The molecule has 2 aromatic rings. The zero-order valence-electron chi connectivity index (χ0n) is 9.41. The van der Waals surface area contributed by atoms with Crippen LogP contribution in [-0.4, -0.2) is 16.5 Å². The molecule has 3 N–H and O–H groups in total. The van der Waals surface area contributed by atoms with Crippen LogP contribution < -0.4 is 5.73 Å². The molecule has 0 bridgehead atoms. The maximum atomic E-state index is 5.48. The van der Waals surface area contributed by atoms with Crippen LogP contribution in [0.3, 0.4) is 0 Å². The van der Waals surface area contributed by atoms with Crippen molar-refractivity contribution >= 4 is 35.8 Å². The van der Waals surface area contributed by atoms with Crippen LogP contribution in [0.25, 0.3) is 11.0 Å². The van der Waals surface area contributed by atoms with Crippen molar-refractivity contribution in [2.24, 2.45) is 5.73 Å². The third-order valence-corrected chi connectivity index (χ3v) is 2.53. The van der Waals surface area contributed by atoms with E-state index < -0.39 is 0 Å². The first-order chi connectivity index (χ1) is 6.70. The Labute approximate surface area is 108 Å². The lowest BCUT2D eigenvalue weighted by Gasteiger charge is -1.97. The van der Waals surface area contributed by atoms with Crippen LogP contribution in [0.2, 0.25) is 0 Å². The molecular weight excluding hydrogens is 245 g/mol. The van der Waals surface area contributed by atoms with Gasteiger partial charge in [0.05, 0.1) is 11.0 Å². The number of rotatable bonds is 2. The van der Waals surface area contributed by atoms with Crippen molar-refractivity contribution in [3.63, 3.8) is 0 Å². The number of aromatic amines is 1. The smallest absolute Gasteiger partial charge is 0.108 e. The lowest BCUT2D eigenvalue weighted by Crippen LogP contribution is -2.03. The van der Waals surface area contributed by atoms with E-state index in [-0.39, 0.29) is 24.8 Å². The maximum absolute atomic E-state index is 5.48. The Morgan fingerprint density at radius 3 is 2.44 bits per heavy atom. The number of halogens is 2. The van der Waals surface area contributed by atoms with Gasteiger partial charge in [-0.15, -0.1) is 24.8 Å². The highest BCUT2D eigenvalue weighted by Gasteiger charge is 2.03. The van der Waals surface area contributed by atoms with Crippen molar-refractivity contribution in [3.8, 4) is 0 Å². The largest absolute Gasteiger partial charge is 0.342 e. The average molecular weight is 262 g/mol. The van der Waals surface area contributed by atoms with Crippen molar-refractivity contribution in [1.82, 2.24) is 9.97 Å². The van der Waals surface area contributed by atoms with Crippen molar-refractivity contribution in [1.29, 1.82) is 0 Å². The van der Waals surface area contributed by atoms with Gasteiger partial charge >= 0.3 is 0 Å².